The van der Waals surface area contributed by atoms with E-state index in [1.807, 2.05) is 0 Å². The average molecular weight is 412 g/mol. The zero-order chi connectivity index (χ0) is 21.1. The summed E-state index contributed by atoms with van der Waals surface area (Å²) < 4.78 is 33.4. The van der Waals surface area contributed by atoms with Crippen molar-refractivity contribution in [3.63, 3.8) is 0 Å². The van der Waals surface area contributed by atoms with Crippen molar-refractivity contribution < 1.29 is 18.0 Å². The predicted molar refractivity (Wildman–Crippen MR) is 110 cm³/mol. The molecule has 30 heavy (non-hydrogen) atoms. The summed E-state index contributed by atoms with van der Waals surface area (Å²) in [6.45, 7) is 0.671. The first-order valence-corrected chi connectivity index (χ1v) is 9.88. The quantitative estimate of drug-likeness (QED) is 0.562. The number of hydrogen-bond donors (Lipinski definition) is 2. The fourth-order valence-corrected chi connectivity index (χ4v) is 3.50. The third-order valence-corrected chi connectivity index (χ3v) is 4.99. The lowest BCUT2D eigenvalue weighted by molar-refractivity contribution is -0.00562. The number of rotatable bonds is 6. The molecule has 0 saturated heterocycles. The number of hydrogen-bond acceptors (Lipinski definition) is 5. The van der Waals surface area contributed by atoms with Crippen molar-refractivity contribution in [3.05, 3.63) is 60.1 Å². The van der Waals surface area contributed by atoms with E-state index in [0.717, 1.165) is 12.8 Å². The van der Waals surface area contributed by atoms with Crippen LogP contribution in [-0.2, 0) is 5.92 Å². The van der Waals surface area contributed by atoms with Gasteiger partial charge >= 0.3 is 5.92 Å². The Morgan fingerprint density at radius 1 is 1.13 bits per heavy atom. The maximum absolute atomic E-state index is 14.1. The molecule has 0 spiro atoms. The number of benzene rings is 1. The first-order chi connectivity index (χ1) is 14.4. The minimum absolute atomic E-state index is 0.0356. The van der Waals surface area contributed by atoms with Crippen molar-refractivity contribution in [3.8, 4) is 11.5 Å². The smallest absolute Gasteiger partial charge is 0.304 e. The van der Waals surface area contributed by atoms with Crippen LogP contribution in [0.25, 0.3) is 11.5 Å². The standard InChI is InChI=1S/C22H22F2N4O2/c1-22(23,24)19-18(28-21(30-19)14-7-3-2-4-8-14)20(29)27-16-11-12-17(25-13-16)26-15-9-5-6-10-15/h2-4,7-8,11-13,15H,5-6,9-10H2,1H3,(H,25,26)(H,27,29). The van der Waals surface area contributed by atoms with E-state index < -0.39 is 23.3 Å². The lowest BCUT2D eigenvalue weighted by Gasteiger charge is -2.13. The molecule has 2 N–H and O–H groups in total. The molecule has 0 atom stereocenters. The largest absolute Gasteiger partial charge is 0.434 e. The Morgan fingerprint density at radius 3 is 2.50 bits per heavy atom. The van der Waals surface area contributed by atoms with E-state index >= 15 is 0 Å². The van der Waals surface area contributed by atoms with Gasteiger partial charge in [-0.1, -0.05) is 31.0 Å². The lowest BCUT2D eigenvalue weighted by atomic mass is 10.2. The number of amides is 1. The number of pyridine rings is 1. The van der Waals surface area contributed by atoms with Crippen molar-refractivity contribution in [1.29, 1.82) is 0 Å². The van der Waals surface area contributed by atoms with E-state index in [1.165, 1.54) is 19.0 Å². The highest BCUT2D eigenvalue weighted by Gasteiger charge is 2.37. The molecule has 2 heterocycles. The Labute approximate surface area is 172 Å². The monoisotopic (exact) mass is 412 g/mol. The topological polar surface area (TPSA) is 80.0 Å². The first-order valence-electron chi connectivity index (χ1n) is 9.88. The Bertz CT molecular complexity index is 1010. The van der Waals surface area contributed by atoms with Crippen molar-refractivity contribution in [1.82, 2.24) is 9.97 Å². The molecular formula is C22H22F2N4O2. The van der Waals surface area contributed by atoms with Crippen LogP contribution in [0.5, 0.6) is 0 Å². The van der Waals surface area contributed by atoms with Crippen LogP contribution in [0.3, 0.4) is 0 Å². The summed E-state index contributed by atoms with van der Waals surface area (Å²) in [5.74, 6) is -4.23. The molecule has 3 aromatic rings. The summed E-state index contributed by atoms with van der Waals surface area (Å²) in [7, 11) is 0. The van der Waals surface area contributed by atoms with Gasteiger partial charge in [0.2, 0.25) is 11.7 Å². The normalized spacial score (nSPS) is 14.6. The highest BCUT2D eigenvalue weighted by molar-refractivity contribution is 6.04. The Balaban J connectivity index is 1.53. The number of anilines is 2. The molecule has 4 rings (SSSR count). The van der Waals surface area contributed by atoms with Gasteiger partial charge in [0.1, 0.15) is 5.82 Å². The maximum atomic E-state index is 14.1. The Hall–Kier alpha value is -3.29. The van der Waals surface area contributed by atoms with Crippen LogP contribution in [-0.4, -0.2) is 21.9 Å². The third-order valence-electron chi connectivity index (χ3n) is 4.99. The number of carbonyl (C=O) groups excluding carboxylic acids is 1. The summed E-state index contributed by atoms with van der Waals surface area (Å²) in [5, 5.41) is 5.92. The van der Waals surface area contributed by atoms with Gasteiger partial charge in [0.05, 0.1) is 11.9 Å². The van der Waals surface area contributed by atoms with Gasteiger partial charge in [0, 0.05) is 18.5 Å². The lowest BCUT2D eigenvalue weighted by Crippen LogP contribution is -2.19. The van der Waals surface area contributed by atoms with Crippen molar-refractivity contribution in [2.75, 3.05) is 10.6 Å². The van der Waals surface area contributed by atoms with Gasteiger partial charge in [-0.3, -0.25) is 4.79 Å². The fourth-order valence-electron chi connectivity index (χ4n) is 3.50. The van der Waals surface area contributed by atoms with Gasteiger partial charge in [-0.15, -0.1) is 0 Å². The number of nitrogens with zero attached hydrogens (tertiary/aromatic N) is 2. The number of carbonyl (C=O) groups is 1. The predicted octanol–water partition coefficient (Wildman–Crippen LogP) is 5.46. The Morgan fingerprint density at radius 2 is 1.87 bits per heavy atom. The number of aromatic nitrogens is 2. The number of nitrogens with one attached hydrogen (secondary N) is 2. The number of halogens is 2. The van der Waals surface area contributed by atoms with Crippen molar-refractivity contribution in [2.45, 2.75) is 44.6 Å². The van der Waals surface area contributed by atoms with Gasteiger partial charge in [0.15, 0.2) is 5.69 Å². The van der Waals surface area contributed by atoms with Gasteiger partial charge < -0.3 is 15.1 Å². The van der Waals surface area contributed by atoms with Crippen molar-refractivity contribution in [2.24, 2.45) is 0 Å². The molecule has 6 nitrogen and oxygen atoms in total. The van der Waals surface area contributed by atoms with Crippen LogP contribution in [0.2, 0.25) is 0 Å². The molecule has 0 unspecified atom stereocenters. The molecule has 8 heteroatoms. The van der Waals surface area contributed by atoms with Gasteiger partial charge in [-0.05, 0) is 37.1 Å². The highest BCUT2D eigenvalue weighted by Crippen LogP contribution is 2.34. The fraction of sp³-hybridized carbons (Fsp3) is 0.318. The molecule has 1 aliphatic carbocycles. The zero-order valence-electron chi connectivity index (χ0n) is 16.5. The van der Waals surface area contributed by atoms with Gasteiger partial charge in [-0.2, -0.15) is 8.78 Å². The van der Waals surface area contributed by atoms with Crippen LogP contribution in [0.15, 0.2) is 53.1 Å². The number of oxazole rings is 1. The molecule has 0 bridgehead atoms. The van der Waals surface area contributed by atoms with Crippen LogP contribution in [0.4, 0.5) is 20.3 Å². The Kier molecular flexibility index (Phi) is 5.48. The first kappa shape index (κ1) is 20.0. The molecule has 1 aromatic carbocycles. The molecule has 0 aliphatic heterocycles. The van der Waals surface area contributed by atoms with E-state index in [9.17, 15) is 13.6 Å². The molecule has 2 aromatic heterocycles. The van der Waals surface area contributed by atoms with Crippen LogP contribution in [0, 0.1) is 0 Å². The molecule has 0 radical (unpaired) electrons. The summed E-state index contributed by atoms with van der Waals surface area (Å²) in [6.07, 6.45) is 6.13. The van der Waals surface area contributed by atoms with E-state index in [0.29, 0.717) is 30.0 Å². The second kappa shape index (κ2) is 8.22. The van der Waals surface area contributed by atoms with Crippen LogP contribution >= 0.6 is 0 Å². The highest BCUT2D eigenvalue weighted by atomic mass is 19.3. The van der Waals surface area contributed by atoms with E-state index in [-0.39, 0.29) is 5.89 Å². The average Bonchev–Trinajstić information content (AvgIpc) is 3.40. The molecular weight excluding hydrogens is 390 g/mol. The summed E-state index contributed by atoms with van der Waals surface area (Å²) >= 11 is 0. The van der Waals surface area contributed by atoms with E-state index in [2.05, 4.69) is 20.6 Å². The van der Waals surface area contributed by atoms with Gasteiger partial charge in [0.25, 0.3) is 5.91 Å². The van der Waals surface area contributed by atoms with Gasteiger partial charge in [-0.25, -0.2) is 9.97 Å². The minimum Gasteiger partial charge on any atom is -0.434 e. The maximum Gasteiger partial charge on any atom is 0.304 e. The summed E-state index contributed by atoms with van der Waals surface area (Å²) in [6, 6.07) is 12.4. The summed E-state index contributed by atoms with van der Waals surface area (Å²) in [5.41, 5.74) is 0.437. The molecule has 1 saturated carbocycles. The summed E-state index contributed by atoms with van der Waals surface area (Å²) in [4.78, 5) is 21.0. The molecule has 1 fully saturated rings. The van der Waals surface area contributed by atoms with Crippen LogP contribution in [0.1, 0.15) is 48.9 Å². The second-order valence-electron chi connectivity index (χ2n) is 7.46. The number of alkyl halides is 2. The second-order valence-corrected chi connectivity index (χ2v) is 7.46. The molecule has 1 aliphatic rings. The molecule has 1 amide bonds. The minimum atomic E-state index is -3.36. The third kappa shape index (κ3) is 4.48. The van der Waals surface area contributed by atoms with E-state index in [4.69, 9.17) is 4.42 Å². The van der Waals surface area contributed by atoms with Crippen LogP contribution < -0.4 is 10.6 Å². The molecule has 156 valence electrons. The van der Waals surface area contributed by atoms with Crippen molar-refractivity contribution >= 4 is 17.4 Å². The SMILES string of the molecule is CC(F)(F)c1oc(-c2ccccc2)nc1C(=O)Nc1ccc(NC2CCCC2)nc1. The van der Waals surface area contributed by atoms with E-state index in [1.54, 1.807) is 42.5 Å². The zero-order valence-corrected chi connectivity index (χ0v) is 16.5.